The number of rotatable bonds is 2. The van der Waals surface area contributed by atoms with Gasteiger partial charge in [-0.05, 0) is 6.07 Å². The van der Waals surface area contributed by atoms with Crippen LogP contribution in [-0.2, 0) is 13.0 Å². The first-order valence-corrected chi connectivity index (χ1v) is 7.98. The number of benzene rings is 1. The highest BCUT2D eigenvalue weighted by Gasteiger charge is 2.28. The zero-order valence-corrected chi connectivity index (χ0v) is 13.7. The lowest BCUT2D eigenvalue weighted by atomic mass is 10.00. The lowest BCUT2D eigenvalue weighted by Crippen LogP contribution is -2.36. The van der Waals surface area contributed by atoms with Crippen molar-refractivity contribution in [2.24, 2.45) is 0 Å². The third kappa shape index (κ3) is 2.60. The normalized spacial score (nSPS) is 13.7. The second-order valence-corrected chi connectivity index (χ2v) is 6.20. The van der Waals surface area contributed by atoms with Crippen molar-refractivity contribution in [2.75, 3.05) is 6.54 Å². The lowest BCUT2D eigenvalue weighted by molar-refractivity contribution is 0.0729. The van der Waals surface area contributed by atoms with E-state index in [1.165, 1.54) is 24.7 Å². The Morgan fingerprint density at radius 1 is 1.28 bits per heavy atom. The first-order valence-electron chi connectivity index (χ1n) is 7.60. The number of hydrogen-bond acceptors (Lipinski definition) is 5. The summed E-state index contributed by atoms with van der Waals surface area (Å²) in [5.41, 5.74) is 3.06. The molecule has 25 heavy (non-hydrogen) atoms. The Labute approximate surface area is 147 Å². The van der Waals surface area contributed by atoms with E-state index in [1.807, 2.05) is 0 Å². The molecule has 0 spiro atoms. The van der Waals surface area contributed by atoms with Gasteiger partial charge >= 0.3 is 0 Å². The highest BCUT2D eigenvalue weighted by Crippen LogP contribution is 2.39. The fourth-order valence-corrected chi connectivity index (χ4v) is 3.14. The average molecular weight is 360 g/mol. The Morgan fingerprint density at radius 2 is 2.12 bits per heavy atom. The maximum Gasteiger partial charge on any atom is 0.272 e. The summed E-state index contributed by atoms with van der Waals surface area (Å²) >= 11 is 5.96. The first-order chi connectivity index (χ1) is 12.0. The van der Waals surface area contributed by atoms with Crippen LogP contribution in [-0.4, -0.2) is 47.7 Å². The SMILES string of the molecule is O=C(c1cnc[nH]1)N1CCc2[nH]nc(-c3cc(Cl)c(O)cc3O)c2C1. The molecule has 1 aromatic carbocycles. The number of phenolic OH excluding ortho intramolecular Hbond substituents is 2. The molecule has 2 aromatic heterocycles. The van der Waals surface area contributed by atoms with Crippen LogP contribution in [0.15, 0.2) is 24.7 Å². The smallest absolute Gasteiger partial charge is 0.272 e. The van der Waals surface area contributed by atoms with Crippen molar-refractivity contribution < 1.29 is 15.0 Å². The van der Waals surface area contributed by atoms with Gasteiger partial charge in [0.2, 0.25) is 0 Å². The molecule has 8 nitrogen and oxygen atoms in total. The number of aromatic amines is 2. The van der Waals surface area contributed by atoms with E-state index < -0.39 is 0 Å². The maximum absolute atomic E-state index is 12.5. The molecule has 0 saturated heterocycles. The fraction of sp³-hybridized carbons (Fsp3) is 0.188. The van der Waals surface area contributed by atoms with Crippen LogP contribution in [0.1, 0.15) is 21.7 Å². The number of aromatic hydroxyl groups is 2. The minimum atomic E-state index is -0.205. The number of fused-ring (bicyclic) bond motifs is 1. The lowest BCUT2D eigenvalue weighted by Gasteiger charge is -2.26. The zero-order chi connectivity index (χ0) is 17.6. The number of carbonyl (C=O) groups excluding carboxylic acids is 1. The molecule has 1 aliphatic heterocycles. The van der Waals surface area contributed by atoms with Crippen molar-refractivity contribution in [2.45, 2.75) is 13.0 Å². The summed E-state index contributed by atoms with van der Waals surface area (Å²) < 4.78 is 0. The Bertz CT molecular complexity index is 951. The summed E-state index contributed by atoms with van der Waals surface area (Å²) in [6.07, 6.45) is 3.57. The molecule has 4 N–H and O–H groups in total. The van der Waals surface area contributed by atoms with Crippen LogP contribution in [0.5, 0.6) is 11.5 Å². The molecule has 1 aliphatic rings. The quantitative estimate of drug-likeness (QED) is 0.558. The van der Waals surface area contributed by atoms with Gasteiger partial charge in [-0.2, -0.15) is 5.10 Å². The number of H-pyrrole nitrogens is 2. The van der Waals surface area contributed by atoms with Crippen molar-refractivity contribution >= 4 is 17.5 Å². The number of phenols is 2. The first kappa shape index (κ1) is 15.5. The van der Waals surface area contributed by atoms with Gasteiger partial charge in [0.1, 0.15) is 22.9 Å². The number of halogens is 1. The van der Waals surface area contributed by atoms with Crippen LogP contribution in [0.3, 0.4) is 0 Å². The summed E-state index contributed by atoms with van der Waals surface area (Å²) in [5, 5.41) is 27.1. The second kappa shape index (κ2) is 5.82. The Kier molecular flexibility index (Phi) is 3.61. The topological polar surface area (TPSA) is 118 Å². The molecular weight excluding hydrogens is 346 g/mol. The molecule has 0 fully saturated rings. The average Bonchev–Trinajstić information content (AvgIpc) is 3.26. The summed E-state index contributed by atoms with van der Waals surface area (Å²) in [7, 11) is 0. The van der Waals surface area contributed by atoms with Gasteiger partial charge in [-0.15, -0.1) is 0 Å². The van der Waals surface area contributed by atoms with Crippen molar-refractivity contribution in [1.82, 2.24) is 25.1 Å². The number of aromatic nitrogens is 4. The molecular formula is C16H14ClN5O3. The number of imidazole rings is 1. The third-order valence-corrected chi connectivity index (χ3v) is 4.57. The Hall–Kier alpha value is -3.00. The van der Waals surface area contributed by atoms with Crippen LogP contribution in [0.4, 0.5) is 0 Å². The molecule has 0 atom stereocenters. The van der Waals surface area contributed by atoms with Crippen molar-refractivity contribution in [3.8, 4) is 22.8 Å². The number of amides is 1. The van der Waals surface area contributed by atoms with Gasteiger partial charge in [-0.3, -0.25) is 9.89 Å². The van der Waals surface area contributed by atoms with Crippen LogP contribution < -0.4 is 0 Å². The van der Waals surface area contributed by atoms with Crippen molar-refractivity contribution in [1.29, 1.82) is 0 Å². The number of carbonyl (C=O) groups is 1. The summed E-state index contributed by atoms with van der Waals surface area (Å²) in [4.78, 5) is 20.9. The largest absolute Gasteiger partial charge is 0.507 e. The fourth-order valence-electron chi connectivity index (χ4n) is 2.97. The van der Waals surface area contributed by atoms with E-state index in [9.17, 15) is 15.0 Å². The number of nitrogens with one attached hydrogen (secondary N) is 2. The molecule has 0 saturated carbocycles. The second-order valence-electron chi connectivity index (χ2n) is 5.79. The highest BCUT2D eigenvalue weighted by atomic mass is 35.5. The van der Waals surface area contributed by atoms with E-state index in [4.69, 9.17) is 11.6 Å². The molecule has 128 valence electrons. The summed E-state index contributed by atoms with van der Waals surface area (Å²) in [6.45, 7) is 0.895. The Morgan fingerprint density at radius 3 is 2.88 bits per heavy atom. The van der Waals surface area contributed by atoms with Crippen molar-refractivity contribution in [3.63, 3.8) is 0 Å². The van der Waals surface area contributed by atoms with Gasteiger partial charge in [0.05, 0.1) is 24.1 Å². The van der Waals surface area contributed by atoms with E-state index in [0.29, 0.717) is 36.5 Å². The molecule has 4 rings (SSSR count). The Balaban J connectivity index is 1.70. The molecule has 3 heterocycles. The van der Waals surface area contributed by atoms with Gasteiger partial charge in [-0.25, -0.2) is 4.98 Å². The summed E-state index contributed by atoms with van der Waals surface area (Å²) in [6, 6.07) is 2.63. The van der Waals surface area contributed by atoms with Crippen LogP contribution in [0, 0.1) is 0 Å². The molecule has 0 bridgehead atoms. The number of nitrogens with zero attached hydrogens (tertiary/aromatic N) is 3. The van der Waals surface area contributed by atoms with Crippen LogP contribution >= 0.6 is 11.6 Å². The van der Waals surface area contributed by atoms with Gasteiger partial charge in [0, 0.05) is 35.9 Å². The standard InChI is InChI=1S/C16H14ClN5O3/c17-10-3-8(13(23)4-14(10)24)15-9-6-22(2-1-11(9)20-21-15)16(25)12-5-18-7-19-12/h3-5,7,23-24H,1-2,6H2,(H,18,19)(H,20,21). The minimum absolute atomic E-state index is 0.116. The molecule has 0 aliphatic carbocycles. The van der Waals surface area contributed by atoms with E-state index in [1.54, 1.807) is 4.90 Å². The number of hydrogen-bond donors (Lipinski definition) is 4. The van der Waals surface area contributed by atoms with E-state index in [2.05, 4.69) is 20.2 Å². The van der Waals surface area contributed by atoms with Gasteiger partial charge in [-0.1, -0.05) is 11.6 Å². The third-order valence-electron chi connectivity index (χ3n) is 4.27. The summed E-state index contributed by atoms with van der Waals surface area (Å²) in [5.74, 6) is -0.486. The van der Waals surface area contributed by atoms with Gasteiger partial charge < -0.3 is 20.1 Å². The van der Waals surface area contributed by atoms with Gasteiger partial charge in [0.25, 0.3) is 5.91 Å². The highest BCUT2D eigenvalue weighted by molar-refractivity contribution is 6.32. The molecule has 0 unspecified atom stereocenters. The van der Waals surface area contributed by atoms with Crippen molar-refractivity contribution in [3.05, 3.63) is 46.6 Å². The minimum Gasteiger partial charge on any atom is -0.507 e. The van der Waals surface area contributed by atoms with Crippen LogP contribution in [0.2, 0.25) is 5.02 Å². The molecule has 1 amide bonds. The van der Waals surface area contributed by atoms with E-state index in [-0.39, 0.29) is 22.4 Å². The van der Waals surface area contributed by atoms with E-state index in [0.717, 1.165) is 11.3 Å². The molecule has 3 aromatic rings. The predicted octanol–water partition coefficient (Wildman–Crippen LogP) is 2.06. The zero-order valence-electron chi connectivity index (χ0n) is 13.0. The van der Waals surface area contributed by atoms with Crippen LogP contribution in [0.25, 0.3) is 11.3 Å². The molecule has 0 radical (unpaired) electrons. The predicted molar refractivity (Wildman–Crippen MR) is 89.4 cm³/mol. The van der Waals surface area contributed by atoms with Gasteiger partial charge in [0.15, 0.2) is 0 Å². The van der Waals surface area contributed by atoms with E-state index >= 15 is 0 Å². The monoisotopic (exact) mass is 359 g/mol. The molecule has 9 heteroatoms. The maximum atomic E-state index is 12.5.